The van der Waals surface area contributed by atoms with Crippen molar-refractivity contribution in [2.24, 2.45) is 11.8 Å². The highest BCUT2D eigenvalue weighted by Gasteiger charge is 2.31. The number of likely N-dealkylation sites (tertiary alicyclic amines) is 2. The summed E-state index contributed by atoms with van der Waals surface area (Å²) >= 11 is 0. The van der Waals surface area contributed by atoms with Gasteiger partial charge in [-0.05, 0) is 31.6 Å². The molecule has 0 aromatic carbocycles. The van der Waals surface area contributed by atoms with E-state index < -0.39 is 0 Å². The summed E-state index contributed by atoms with van der Waals surface area (Å²) < 4.78 is 4.95. The van der Waals surface area contributed by atoms with Gasteiger partial charge in [-0.25, -0.2) is 0 Å². The molecule has 0 radical (unpaired) electrons. The molecule has 0 aromatic rings. The second-order valence-corrected chi connectivity index (χ2v) is 6.86. The fourth-order valence-electron chi connectivity index (χ4n) is 3.50. The van der Waals surface area contributed by atoms with Crippen molar-refractivity contribution in [1.29, 1.82) is 0 Å². The molecule has 6 nitrogen and oxygen atoms in total. The molecule has 0 spiro atoms. The van der Waals surface area contributed by atoms with Gasteiger partial charge in [0, 0.05) is 45.8 Å². The Bertz CT molecular complexity index is 401. The third-order valence-electron chi connectivity index (χ3n) is 4.92. The number of hydrogen-bond donors (Lipinski definition) is 1. The molecule has 7 heteroatoms. The van der Waals surface area contributed by atoms with Gasteiger partial charge in [-0.2, -0.15) is 0 Å². The van der Waals surface area contributed by atoms with Gasteiger partial charge in [0.1, 0.15) is 0 Å². The molecule has 24 heavy (non-hydrogen) atoms. The van der Waals surface area contributed by atoms with Crippen LogP contribution in [0.1, 0.15) is 32.6 Å². The van der Waals surface area contributed by atoms with E-state index in [-0.39, 0.29) is 24.2 Å². The van der Waals surface area contributed by atoms with Crippen molar-refractivity contribution >= 4 is 24.2 Å². The number of nitrogens with one attached hydrogen (secondary N) is 1. The summed E-state index contributed by atoms with van der Waals surface area (Å²) in [7, 11) is 1.65. The van der Waals surface area contributed by atoms with Gasteiger partial charge in [-0.3, -0.25) is 9.59 Å². The Kier molecular flexibility index (Phi) is 9.63. The molecule has 1 unspecified atom stereocenters. The van der Waals surface area contributed by atoms with Crippen LogP contribution in [0.5, 0.6) is 0 Å². The molecule has 0 bridgehead atoms. The lowest BCUT2D eigenvalue weighted by Crippen LogP contribution is -2.48. The van der Waals surface area contributed by atoms with Gasteiger partial charge < -0.3 is 19.9 Å². The quantitative estimate of drug-likeness (QED) is 0.721. The summed E-state index contributed by atoms with van der Waals surface area (Å²) in [6, 6.07) is 0. The van der Waals surface area contributed by atoms with Crippen molar-refractivity contribution in [2.45, 2.75) is 32.6 Å². The molecule has 1 N–H and O–H groups in total. The van der Waals surface area contributed by atoms with Crippen LogP contribution in [0.3, 0.4) is 0 Å². The number of hydrogen-bond acceptors (Lipinski definition) is 4. The van der Waals surface area contributed by atoms with Gasteiger partial charge in [0.15, 0.2) is 0 Å². The van der Waals surface area contributed by atoms with Crippen LogP contribution in [0.4, 0.5) is 0 Å². The fraction of sp³-hybridized carbons (Fsp3) is 0.882. The van der Waals surface area contributed by atoms with E-state index in [4.69, 9.17) is 4.74 Å². The highest BCUT2D eigenvalue weighted by Crippen LogP contribution is 2.23. The van der Waals surface area contributed by atoms with E-state index in [1.165, 1.54) is 6.42 Å². The maximum atomic E-state index is 12.6. The van der Waals surface area contributed by atoms with E-state index in [2.05, 4.69) is 12.2 Å². The zero-order valence-electron chi connectivity index (χ0n) is 15.0. The number of ether oxygens (including phenoxy) is 1. The van der Waals surface area contributed by atoms with Gasteiger partial charge in [0.25, 0.3) is 0 Å². The number of carbonyl (C=O) groups excluding carboxylic acids is 2. The Balaban J connectivity index is 0.00000288. The summed E-state index contributed by atoms with van der Waals surface area (Å²) in [6.45, 7) is 7.08. The largest absolute Gasteiger partial charge is 0.383 e. The Labute approximate surface area is 151 Å². The molecular weight excluding hydrogens is 330 g/mol. The Morgan fingerprint density at radius 2 is 1.83 bits per heavy atom. The first-order chi connectivity index (χ1) is 11.1. The van der Waals surface area contributed by atoms with Crippen LogP contribution in [-0.4, -0.2) is 74.6 Å². The lowest BCUT2D eigenvalue weighted by molar-refractivity contribution is -0.141. The molecule has 2 aliphatic rings. The average Bonchev–Trinajstić information content (AvgIpc) is 2.58. The van der Waals surface area contributed by atoms with E-state index in [1.807, 2.05) is 9.80 Å². The fourth-order valence-corrected chi connectivity index (χ4v) is 3.50. The summed E-state index contributed by atoms with van der Waals surface area (Å²) in [4.78, 5) is 28.6. The molecular formula is C17H32ClN3O3. The Morgan fingerprint density at radius 3 is 2.46 bits per heavy atom. The van der Waals surface area contributed by atoms with E-state index in [0.29, 0.717) is 44.6 Å². The molecule has 2 fully saturated rings. The van der Waals surface area contributed by atoms with Crippen molar-refractivity contribution in [3.8, 4) is 0 Å². The monoisotopic (exact) mass is 361 g/mol. The van der Waals surface area contributed by atoms with Gasteiger partial charge in [0.05, 0.1) is 13.2 Å². The zero-order chi connectivity index (χ0) is 16.7. The second-order valence-electron chi connectivity index (χ2n) is 6.86. The first-order valence-electron chi connectivity index (χ1n) is 8.88. The van der Waals surface area contributed by atoms with Crippen molar-refractivity contribution in [3.05, 3.63) is 0 Å². The number of amides is 2. The third kappa shape index (κ3) is 6.22. The molecule has 0 aliphatic carbocycles. The molecule has 2 amide bonds. The van der Waals surface area contributed by atoms with Crippen LogP contribution in [-0.2, 0) is 14.3 Å². The van der Waals surface area contributed by atoms with E-state index in [1.54, 1.807) is 7.11 Å². The van der Waals surface area contributed by atoms with Gasteiger partial charge in [-0.15, -0.1) is 12.4 Å². The zero-order valence-corrected chi connectivity index (χ0v) is 15.8. The lowest BCUT2D eigenvalue weighted by atomic mass is 9.92. The SMILES string of the molecule is COCCNCC(=O)N1CCC(C(=O)N2CCCC(C)C2)CC1.Cl. The summed E-state index contributed by atoms with van der Waals surface area (Å²) in [5.41, 5.74) is 0. The number of methoxy groups -OCH3 is 1. The van der Waals surface area contributed by atoms with Crippen LogP contribution < -0.4 is 5.32 Å². The molecule has 2 aliphatic heterocycles. The predicted molar refractivity (Wildman–Crippen MR) is 96.3 cm³/mol. The molecule has 0 saturated carbocycles. The molecule has 2 heterocycles. The van der Waals surface area contributed by atoms with Crippen molar-refractivity contribution < 1.29 is 14.3 Å². The van der Waals surface area contributed by atoms with Crippen LogP contribution in [0, 0.1) is 11.8 Å². The summed E-state index contributed by atoms with van der Waals surface area (Å²) in [5.74, 6) is 1.15. The molecule has 0 aromatic heterocycles. The minimum Gasteiger partial charge on any atom is -0.383 e. The van der Waals surface area contributed by atoms with Crippen molar-refractivity contribution in [2.75, 3.05) is 53.0 Å². The van der Waals surface area contributed by atoms with E-state index >= 15 is 0 Å². The maximum Gasteiger partial charge on any atom is 0.236 e. The third-order valence-corrected chi connectivity index (χ3v) is 4.92. The average molecular weight is 362 g/mol. The van der Waals surface area contributed by atoms with E-state index in [0.717, 1.165) is 32.4 Å². The van der Waals surface area contributed by atoms with Gasteiger partial charge in [0.2, 0.25) is 11.8 Å². The number of carbonyl (C=O) groups is 2. The Hall–Kier alpha value is -0.850. The van der Waals surface area contributed by atoms with Crippen LogP contribution >= 0.6 is 12.4 Å². The molecule has 2 rings (SSSR count). The maximum absolute atomic E-state index is 12.6. The van der Waals surface area contributed by atoms with Crippen LogP contribution in [0.15, 0.2) is 0 Å². The molecule has 140 valence electrons. The first-order valence-corrected chi connectivity index (χ1v) is 8.88. The topological polar surface area (TPSA) is 61.9 Å². The smallest absolute Gasteiger partial charge is 0.236 e. The van der Waals surface area contributed by atoms with Gasteiger partial charge in [-0.1, -0.05) is 6.92 Å². The minimum absolute atomic E-state index is 0. The summed E-state index contributed by atoms with van der Waals surface area (Å²) in [5, 5.41) is 3.08. The second kappa shape index (κ2) is 10.9. The highest BCUT2D eigenvalue weighted by molar-refractivity contribution is 5.85. The normalized spacial score (nSPS) is 22.2. The van der Waals surface area contributed by atoms with Crippen molar-refractivity contribution in [1.82, 2.24) is 15.1 Å². The number of halogens is 1. The van der Waals surface area contributed by atoms with Gasteiger partial charge >= 0.3 is 0 Å². The lowest BCUT2D eigenvalue weighted by Gasteiger charge is -2.37. The van der Waals surface area contributed by atoms with Crippen molar-refractivity contribution in [3.63, 3.8) is 0 Å². The predicted octanol–water partition coefficient (Wildman–Crippen LogP) is 1.14. The number of rotatable bonds is 6. The standard InChI is InChI=1S/C17H31N3O3.ClH/c1-14-4-3-8-20(13-14)17(22)15-5-9-19(10-6-15)16(21)12-18-7-11-23-2;/h14-15,18H,3-13H2,1-2H3;1H. The Morgan fingerprint density at radius 1 is 1.12 bits per heavy atom. The van der Waals surface area contributed by atoms with Crippen LogP contribution in [0.25, 0.3) is 0 Å². The summed E-state index contributed by atoms with van der Waals surface area (Å²) in [6.07, 6.45) is 3.95. The molecule has 2 saturated heterocycles. The van der Waals surface area contributed by atoms with Crippen LogP contribution in [0.2, 0.25) is 0 Å². The number of nitrogens with zero attached hydrogens (tertiary/aromatic N) is 2. The van der Waals surface area contributed by atoms with E-state index in [9.17, 15) is 9.59 Å². The minimum atomic E-state index is 0. The highest BCUT2D eigenvalue weighted by atomic mass is 35.5. The first kappa shape index (κ1) is 21.2. The molecule has 1 atom stereocenters. The number of piperidine rings is 2.